The van der Waals surface area contributed by atoms with Gasteiger partial charge in [-0.1, -0.05) is 18.2 Å². The molecule has 0 spiro atoms. The maximum absolute atomic E-state index is 5.94. The van der Waals surface area contributed by atoms with Gasteiger partial charge in [-0.3, -0.25) is 0 Å². The van der Waals surface area contributed by atoms with Gasteiger partial charge in [0.15, 0.2) is 0 Å². The highest BCUT2D eigenvalue weighted by Crippen LogP contribution is 2.28. The molecule has 0 amide bonds. The van der Waals surface area contributed by atoms with Crippen LogP contribution in [0.4, 0.5) is 0 Å². The molecule has 4 heteroatoms. The summed E-state index contributed by atoms with van der Waals surface area (Å²) in [6.07, 6.45) is -0.212. The lowest BCUT2D eigenvalue weighted by molar-refractivity contribution is 0.209. The Morgan fingerprint density at radius 2 is 1.79 bits per heavy atom. The van der Waals surface area contributed by atoms with E-state index < -0.39 is 0 Å². The quantitative estimate of drug-likeness (QED) is 0.822. The molecule has 3 nitrogen and oxygen atoms in total. The molecule has 2 N–H and O–H groups in total. The van der Waals surface area contributed by atoms with Crippen LogP contribution in [0.2, 0.25) is 0 Å². The summed E-state index contributed by atoms with van der Waals surface area (Å²) in [4.78, 5) is 0. The van der Waals surface area contributed by atoms with Crippen LogP contribution >= 0.6 is 22.6 Å². The summed E-state index contributed by atoms with van der Waals surface area (Å²) < 4.78 is 12.5. The Hall–Kier alpha value is -1.27. The normalized spacial score (nSPS) is 11.9. The predicted molar refractivity (Wildman–Crippen MR) is 84.6 cm³/mol. The molecule has 0 bridgehead atoms. The lowest BCUT2D eigenvalue weighted by Gasteiger charge is -2.20. The van der Waals surface area contributed by atoms with Crippen molar-refractivity contribution in [1.29, 1.82) is 0 Å². The van der Waals surface area contributed by atoms with E-state index in [9.17, 15) is 0 Å². The zero-order valence-electron chi connectivity index (χ0n) is 10.7. The second-order valence-electron chi connectivity index (χ2n) is 4.04. The monoisotopic (exact) mass is 369 g/mol. The van der Waals surface area contributed by atoms with Crippen molar-refractivity contribution in [3.8, 4) is 11.5 Å². The van der Waals surface area contributed by atoms with Crippen molar-refractivity contribution < 1.29 is 9.47 Å². The molecule has 0 saturated heterocycles. The molecule has 1 atom stereocenters. The van der Waals surface area contributed by atoms with E-state index in [4.69, 9.17) is 15.2 Å². The van der Waals surface area contributed by atoms with E-state index in [0.717, 1.165) is 17.1 Å². The summed E-state index contributed by atoms with van der Waals surface area (Å²) in [7, 11) is 1.65. The standard InChI is InChI=1S/C15H16INO2/c1-18-14-5-3-2-4-13(14)15(10-17)19-12-8-6-11(16)7-9-12/h2-9,15H,10,17H2,1H3. The van der Waals surface area contributed by atoms with E-state index in [1.54, 1.807) is 7.11 Å². The van der Waals surface area contributed by atoms with Gasteiger partial charge in [0.2, 0.25) is 0 Å². The van der Waals surface area contributed by atoms with Crippen LogP contribution in [0.5, 0.6) is 11.5 Å². The molecule has 0 radical (unpaired) electrons. The Bertz CT molecular complexity index is 528. The van der Waals surface area contributed by atoms with Gasteiger partial charge in [0, 0.05) is 15.7 Å². The average molecular weight is 369 g/mol. The SMILES string of the molecule is COc1ccccc1C(CN)Oc1ccc(I)cc1. The molecule has 2 aromatic carbocycles. The molecule has 0 aliphatic heterocycles. The minimum atomic E-state index is -0.212. The van der Waals surface area contributed by atoms with Crippen molar-refractivity contribution in [3.63, 3.8) is 0 Å². The summed E-state index contributed by atoms with van der Waals surface area (Å²) in [5.41, 5.74) is 6.79. The number of ether oxygens (including phenoxy) is 2. The summed E-state index contributed by atoms with van der Waals surface area (Å²) in [5.74, 6) is 1.60. The van der Waals surface area contributed by atoms with E-state index in [-0.39, 0.29) is 6.10 Å². The van der Waals surface area contributed by atoms with Crippen molar-refractivity contribution in [2.45, 2.75) is 6.10 Å². The smallest absolute Gasteiger partial charge is 0.139 e. The zero-order valence-corrected chi connectivity index (χ0v) is 12.8. The second kappa shape index (κ2) is 6.77. The van der Waals surface area contributed by atoms with Gasteiger partial charge in [-0.2, -0.15) is 0 Å². The van der Waals surface area contributed by atoms with Crippen LogP contribution < -0.4 is 15.2 Å². The largest absolute Gasteiger partial charge is 0.496 e. The van der Waals surface area contributed by atoms with Gasteiger partial charge >= 0.3 is 0 Å². The number of benzene rings is 2. The summed E-state index contributed by atoms with van der Waals surface area (Å²) in [6.45, 7) is 0.395. The first-order valence-electron chi connectivity index (χ1n) is 6.00. The summed E-state index contributed by atoms with van der Waals surface area (Å²) in [6, 6.07) is 15.7. The van der Waals surface area contributed by atoms with Crippen LogP contribution in [0.1, 0.15) is 11.7 Å². The van der Waals surface area contributed by atoms with Gasteiger partial charge in [0.1, 0.15) is 17.6 Å². The van der Waals surface area contributed by atoms with E-state index in [0.29, 0.717) is 6.54 Å². The summed E-state index contributed by atoms with van der Waals surface area (Å²) in [5, 5.41) is 0. The minimum Gasteiger partial charge on any atom is -0.496 e. The predicted octanol–water partition coefficient (Wildman–Crippen LogP) is 3.38. The van der Waals surface area contributed by atoms with Gasteiger partial charge < -0.3 is 15.2 Å². The molecule has 19 heavy (non-hydrogen) atoms. The van der Waals surface area contributed by atoms with E-state index in [1.165, 1.54) is 3.57 Å². The van der Waals surface area contributed by atoms with Crippen molar-refractivity contribution in [2.24, 2.45) is 5.73 Å². The number of hydrogen-bond acceptors (Lipinski definition) is 3. The third-order valence-corrected chi connectivity index (χ3v) is 3.51. The highest BCUT2D eigenvalue weighted by atomic mass is 127. The van der Waals surface area contributed by atoms with E-state index >= 15 is 0 Å². The Morgan fingerprint density at radius 3 is 2.42 bits per heavy atom. The Kier molecular flexibility index (Phi) is 5.04. The van der Waals surface area contributed by atoms with Gasteiger partial charge in [0.05, 0.1) is 7.11 Å². The van der Waals surface area contributed by atoms with Crippen molar-refractivity contribution in [3.05, 3.63) is 57.7 Å². The van der Waals surface area contributed by atoms with Gasteiger partial charge in [-0.25, -0.2) is 0 Å². The Balaban J connectivity index is 2.22. The first-order chi connectivity index (χ1) is 9.24. The molecule has 0 aromatic heterocycles. The maximum Gasteiger partial charge on any atom is 0.139 e. The Labute approximate surface area is 126 Å². The number of rotatable bonds is 5. The van der Waals surface area contributed by atoms with Gasteiger partial charge in [-0.15, -0.1) is 0 Å². The van der Waals surface area contributed by atoms with Crippen LogP contribution in [0, 0.1) is 3.57 Å². The number of nitrogens with two attached hydrogens (primary N) is 1. The fourth-order valence-electron chi connectivity index (χ4n) is 1.85. The van der Waals surface area contributed by atoms with Crippen LogP contribution in [0.25, 0.3) is 0 Å². The number of halogens is 1. The van der Waals surface area contributed by atoms with Crippen molar-refractivity contribution in [1.82, 2.24) is 0 Å². The van der Waals surface area contributed by atoms with Crippen molar-refractivity contribution in [2.75, 3.05) is 13.7 Å². The highest BCUT2D eigenvalue weighted by molar-refractivity contribution is 14.1. The number of hydrogen-bond donors (Lipinski definition) is 1. The Morgan fingerprint density at radius 1 is 1.11 bits per heavy atom. The molecule has 0 aliphatic rings. The average Bonchev–Trinajstić information content (AvgIpc) is 2.46. The zero-order chi connectivity index (χ0) is 13.7. The maximum atomic E-state index is 5.94. The lowest BCUT2D eigenvalue weighted by atomic mass is 10.1. The first kappa shape index (κ1) is 14.1. The molecule has 1 unspecified atom stereocenters. The summed E-state index contributed by atoms with van der Waals surface area (Å²) >= 11 is 2.26. The van der Waals surface area contributed by atoms with Crippen LogP contribution in [-0.2, 0) is 0 Å². The van der Waals surface area contributed by atoms with Gasteiger partial charge in [-0.05, 0) is 52.9 Å². The molecule has 100 valence electrons. The van der Waals surface area contributed by atoms with E-state index in [1.807, 2.05) is 48.5 Å². The first-order valence-corrected chi connectivity index (χ1v) is 7.07. The topological polar surface area (TPSA) is 44.5 Å². The van der Waals surface area contributed by atoms with Gasteiger partial charge in [0.25, 0.3) is 0 Å². The second-order valence-corrected chi connectivity index (χ2v) is 5.28. The highest BCUT2D eigenvalue weighted by Gasteiger charge is 2.15. The van der Waals surface area contributed by atoms with Crippen LogP contribution in [0.15, 0.2) is 48.5 Å². The lowest BCUT2D eigenvalue weighted by Crippen LogP contribution is -2.19. The molecule has 0 saturated carbocycles. The molecule has 0 aliphatic carbocycles. The molecule has 0 heterocycles. The molecular formula is C15H16INO2. The fourth-order valence-corrected chi connectivity index (χ4v) is 2.21. The third-order valence-electron chi connectivity index (χ3n) is 2.79. The van der Waals surface area contributed by atoms with Crippen LogP contribution in [0.3, 0.4) is 0 Å². The number of methoxy groups -OCH3 is 1. The minimum absolute atomic E-state index is 0.212. The fraction of sp³-hybridized carbons (Fsp3) is 0.200. The molecule has 0 fully saturated rings. The van der Waals surface area contributed by atoms with E-state index in [2.05, 4.69) is 22.6 Å². The van der Waals surface area contributed by atoms with Crippen LogP contribution in [-0.4, -0.2) is 13.7 Å². The molecule has 2 aromatic rings. The molecule has 2 rings (SSSR count). The molecular weight excluding hydrogens is 353 g/mol. The third kappa shape index (κ3) is 3.61. The number of para-hydroxylation sites is 1. The van der Waals surface area contributed by atoms with Crippen molar-refractivity contribution >= 4 is 22.6 Å².